The summed E-state index contributed by atoms with van der Waals surface area (Å²) in [6.07, 6.45) is 8.17. The Morgan fingerprint density at radius 3 is 2.43 bits per heavy atom. The maximum absolute atomic E-state index is 13.0. The van der Waals surface area contributed by atoms with Gasteiger partial charge in [-0.05, 0) is 25.0 Å². The van der Waals surface area contributed by atoms with Crippen molar-refractivity contribution in [2.45, 2.75) is 44.6 Å². The number of hydrogen-bond donors (Lipinski definition) is 2. The number of para-hydroxylation sites is 1. The number of H-pyrrole nitrogens is 1. The van der Waals surface area contributed by atoms with Crippen molar-refractivity contribution in [2.24, 2.45) is 7.05 Å². The average molecular weight is 380 g/mol. The highest BCUT2D eigenvalue weighted by Crippen LogP contribution is 2.19. The zero-order valence-corrected chi connectivity index (χ0v) is 15.9. The molecule has 2 heterocycles. The Morgan fingerprint density at radius 1 is 1.07 bits per heavy atom. The molecule has 7 heteroatoms. The molecule has 0 unspecified atom stereocenters. The molecule has 2 aromatic heterocycles. The lowest BCUT2D eigenvalue weighted by molar-refractivity contribution is 0.0934. The molecule has 2 N–H and O–H groups in total. The molecule has 0 radical (unpaired) electrons. The number of aryl methyl sites for hydroxylation is 1. The summed E-state index contributed by atoms with van der Waals surface area (Å²) in [6, 6.07) is 8.89. The number of carbonyl (C=O) groups is 1. The van der Waals surface area contributed by atoms with E-state index < -0.39 is 11.2 Å². The number of fused-ring (bicyclic) bond motifs is 1. The third kappa shape index (κ3) is 3.28. The van der Waals surface area contributed by atoms with Crippen LogP contribution in [-0.2, 0) is 7.05 Å². The summed E-state index contributed by atoms with van der Waals surface area (Å²) >= 11 is 0. The zero-order valence-electron chi connectivity index (χ0n) is 15.9. The highest BCUT2D eigenvalue weighted by atomic mass is 16.2. The average Bonchev–Trinajstić information content (AvgIpc) is 2.84. The van der Waals surface area contributed by atoms with Crippen LogP contribution in [0.3, 0.4) is 0 Å². The van der Waals surface area contributed by atoms with E-state index in [1.165, 1.54) is 12.8 Å². The van der Waals surface area contributed by atoms with Crippen molar-refractivity contribution < 1.29 is 4.79 Å². The fourth-order valence-electron chi connectivity index (χ4n) is 4.04. The second-order valence-corrected chi connectivity index (χ2v) is 7.45. The van der Waals surface area contributed by atoms with Crippen LogP contribution in [0.1, 0.15) is 48.9 Å². The minimum absolute atomic E-state index is 0.140. The SMILES string of the molecule is Cn1cc(C(=O)NC2CCCCCC2)c2[nH]c(=O)n(-c3ccccc3)c(=O)c21. The van der Waals surface area contributed by atoms with Crippen LogP contribution < -0.4 is 16.6 Å². The fourth-order valence-corrected chi connectivity index (χ4v) is 4.04. The van der Waals surface area contributed by atoms with Gasteiger partial charge in [-0.1, -0.05) is 43.9 Å². The second kappa shape index (κ2) is 7.50. The van der Waals surface area contributed by atoms with Gasteiger partial charge in [-0.25, -0.2) is 9.36 Å². The van der Waals surface area contributed by atoms with Crippen molar-refractivity contribution in [1.29, 1.82) is 0 Å². The quantitative estimate of drug-likeness (QED) is 0.684. The van der Waals surface area contributed by atoms with Crippen LogP contribution in [0.2, 0.25) is 0 Å². The van der Waals surface area contributed by atoms with E-state index in [-0.39, 0.29) is 17.5 Å². The van der Waals surface area contributed by atoms with Gasteiger partial charge in [0.15, 0.2) is 0 Å². The lowest BCUT2D eigenvalue weighted by Gasteiger charge is -2.15. The first kappa shape index (κ1) is 18.3. The first-order chi connectivity index (χ1) is 13.6. The summed E-state index contributed by atoms with van der Waals surface area (Å²) < 4.78 is 2.70. The molecular formula is C21H24N4O3. The third-order valence-corrected chi connectivity index (χ3v) is 5.47. The second-order valence-electron chi connectivity index (χ2n) is 7.45. The van der Waals surface area contributed by atoms with E-state index in [0.717, 1.165) is 30.3 Å². The Morgan fingerprint density at radius 2 is 1.75 bits per heavy atom. The Balaban J connectivity index is 1.76. The van der Waals surface area contributed by atoms with Crippen LogP contribution >= 0.6 is 0 Å². The predicted molar refractivity (Wildman–Crippen MR) is 108 cm³/mol. The lowest BCUT2D eigenvalue weighted by Crippen LogP contribution is -2.36. The van der Waals surface area contributed by atoms with E-state index in [1.54, 1.807) is 42.1 Å². The molecular weight excluding hydrogens is 356 g/mol. The molecule has 7 nitrogen and oxygen atoms in total. The van der Waals surface area contributed by atoms with Crippen LogP contribution in [-0.4, -0.2) is 26.1 Å². The molecule has 0 spiro atoms. The Labute approximate surface area is 162 Å². The lowest BCUT2D eigenvalue weighted by atomic mass is 10.1. The van der Waals surface area contributed by atoms with Gasteiger partial charge >= 0.3 is 5.69 Å². The zero-order chi connectivity index (χ0) is 19.7. The highest BCUT2D eigenvalue weighted by molar-refractivity contribution is 6.05. The number of aromatic nitrogens is 3. The van der Waals surface area contributed by atoms with Crippen LogP contribution in [0.4, 0.5) is 0 Å². The van der Waals surface area contributed by atoms with Crippen molar-refractivity contribution in [3.63, 3.8) is 0 Å². The molecule has 0 saturated heterocycles. The minimum Gasteiger partial charge on any atom is -0.349 e. The third-order valence-electron chi connectivity index (χ3n) is 5.47. The summed E-state index contributed by atoms with van der Waals surface area (Å²) in [7, 11) is 1.71. The van der Waals surface area contributed by atoms with E-state index >= 15 is 0 Å². The van der Waals surface area contributed by atoms with Gasteiger partial charge in [-0.3, -0.25) is 9.59 Å². The monoisotopic (exact) mass is 380 g/mol. The van der Waals surface area contributed by atoms with Crippen molar-refractivity contribution >= 4 is 16.9 Å². The topological polar surface area (TPSA) is 88.9 Å². The van der Waals surface area contributed by atoms with Crippen molar-refractivity contribution in [3.8, 4) is 5.69 Å². The van der Waals surface area contributed by atoms with Gasteiger partial charge in [0.2, 0.25) is 0 Å². The number of rotatable bonds is 3. The van der Waals surface area contributed by atoms with E-state index in [1.807, 2.05) is 6.07 Å². The number of hydrogen-bond acceptors (Lipinski definition) is 3. The molecule has 0 atom stereocenters. The number of aromatic amines is 1. The normalized spacial score (nSPS) is 15.5. The van der Waals surface area contributed by atoms with Crippen LogP contribution in [0, 0.1) is 0 Å². The van der Waals surface area contributed by atoms with Gasteiger partial charge in [-0.15, -0.1) is 0 Å². The molecule has 28 heavy (non-hydrogen) atoms. The van der Waals surface area contributed by atoms with Gasteiger partial charge in [0.1, 0.15) is 5.52 Å². The molecule has 3 aromatic rings. The van der Waals surface area contributed by atoms with E-state index in [0.29, 0.717) is 16.8 Å². The van der Waals surface area contributed by atoms with Gasteiger partial charge in [0.05, 0.1) is 16.8 Å². The standard InChI is InChI=1S/C21H24N4O3/c1-24-13-16(19(26)22-14-9-5-2-3-6-10-14)17-18(24)20(27)25(21(28)23-17)15-11-7-4-8-12-15/h4,7-8,11-14H,2-3,5-6,9-10H2,1H3,(H,22,26)(H,23,28). The van der Waals surface area contributed by atoms with Crippen molar-refractivity contribution in [3.05, 3.63) is 62.9 Å². The molecule has 146 valence electrons. The summed E-state index contributed by atoms with van der Waals surface area (Å²) in [4.78, 5) is 41.3. The van der Waals surface area contributed by atoms with E-state index in [9.17, 15) is 14.4 Å². The van der Waals surface area contributed by atoms with Gasteiger partial charge < -0.3 is 14.9 Å². The largest absolute Gasteiger partial charge is 0.349 e. The summed E-state index contributed by atoms with van der Waals surface area (Å²) in [5, 5.41) is 3.08. The Kier molecular flexibility index (Phi) is 4.90. The summed E-state index contributed by atoms with van der Waals surface area (Å²) in [5.41, 5.74) is 0.405. The minimum atomic E-state index is -0.557. The predicted octanol–water partition coefficient (Wildman–Crippen LogP) is 2.47. The first-order valence-corrected chi connectivity index (χ1v) is 9.77. The smallest absolute Gasteiger partial charge is 0.333 e. The molecule has 4 rings (SSSR count). The summed E-state index contributed by atoms with van der Waals surface area (Å²) in [6.45, 7) is 0. The molecule has 1 aliphatic carbocycles. The van der Waals surface area contributed by atoms with Crippen molar-refractivity contribution in [2.75, 3.05) is 0 Å². The molecule has 1 fully saturated rings. The molecule has 1 saturated carbocycles. The molecule has 0 aliphatic heterocycles. The van der Waals surface area contributed by atoms with Crippen LogP contribution in [0.25, 0.3) is 16.7 Å². The summed E-state index contributed by atoms with van der Waals surface area (Å²) in [5.74, 6) is -0.245. The molecule has 1 aliphatic rings. The first-order valence-electron chi connectivity index (χ1n) is 9.77. The van der Waals surface area contributed by atoms with E-state index in [4.69, 9.17) is 0 Å². The maximum atomic E-state index is 13.0. The highest BCUT2D eigenvalue weighted by Gasteiger charge is 2.22. The van der Waals surface area contributed by atoms with Crippen LogP contribution in [0.15, 0.2) is 46.1 Å². The molecule has 1 amide bonds. The number of nitrogens with zero attached hydrogens (tertiary/aromatic N) is 2. The van der Waals surface area contributed by atoms with Crippen molar-refractivity contribution in [1.82, 2.24) is 19.4 Å². The van der Waals surface area contributed by atoms with Crippen LogP contribution in [0.5, 0.6) is 0 Å². The molecule has 0 bridgehead atoms. The number of amides is 1. The number of nitrogens with one attached hydrogen (secondary N) is 2. The van der Waals surface area contributed by atoms with Gasteiger partial charge in [0.25, 0.3) is 11.5 Å². The van der Waals surface area contributed by atoms with Gasteiger partial charge in [0, 0.05) is 19.3 Å². The molecule has 1 aromatic carbocycles. The van der Waals surface area contributed by atoms with E-state index in [2.05, 4.69) is 10.3 Å². The van der Waals surface area contributed by atoms with Gasteiger partial charge in [-0.2, -0.15) is 0 Å². The number of carbonyl (C=O) groups excluding carboxylic acids is 1. The maximum Gasteiger partial charge on any atom is 0.333 e. The Bertz CT molecular complexity index is 1120. The fraction of sp³-hybridized carbons (Fsp3) is 0.381. The number of benzene rings is 1. The Hall–Kier alpha value is -3.09.